The summed E-state index contributed by atoms with van der Waals surface area (Å²) in [5.41, 5.74) is 9.80. The molecular formula is C7H14F3N3O. The molecule has 7 heteroatoms. The van der Waals surface area contributed by atoms with Crippen LogP contribution in [-0.4, -0.2) is 43.7 Å². The van der Waals surface area contributed by atoms with E-state index in [1.807, 2.05) is 0 Å². The number of nitrogens with two attached hydrogens (primary N) is 2. The molecule has 0 aliphatic heterocycles. The highest BCUT2D eigenvalue weighted by atomic mass is 19.4. The van der Waals surface area contributed by atoms with Crippen LogP contribution in [0.1, 0.15) is 0 Å². The average molecular weight is 213 g/mol. The highest BCUT2D eigenvalue weighted by molar-refractivity contribution is 5.75. The van der Waals surface area contributed by atoms with E-state index in [0.717, 1.165) is 0 Å². The molecule has 14 heavy (non-hydrogen) atoms. The van der Waals surface area contributed by atoms with Crippen LogP contribution in [0.5, 0.6) is 0 Å². The summed E-state index contributed by atoms with van der Waals surface area (Å²) in [6, 6.07) is 0. The van der Waals surface area contributed by atoms with E-state index < -0.39 is 24.5 Å². The summed E-state index contributed by atoms with van der Waals surface area (Å²) in [5.74, 6) is -2.28. The number of carbonyl (C=O) groups is 1. The molecule has 4 N–H and O–H groups in total. The lowest BCUT2D eigenvalue weighted by atomic mass is 10.1. The highest BCUT2D eigenvalue weighted by Gasteiger charge is 2.38. The van der Waals surface area contributed by atoms with Crippen molar-refractivity contribution in [3.05, 3.63) is 0 Å². The minimum atomic E-state index is -4.33. The first-order valence-electron chi connectivity index (χ1n) is 4.01. The van der Waals surface area contributed by atoms with Crippen molar-refractivity contribution in [1.82, 2.24) is 4.90 Å². The Labute approximate surface area is 80.0 Å². The van der Waals surface area contributed by atoms with Gasteiger partial charge in [0.2, 0.25) is 5.91 Å². The van der Waals surface area contributed by atoms with E-state index in [4.69, 9.17) is 11.5 Å². The van der Waals surface area contributed by atoms with E-state index >= 15 is 0 Å². The second-order valence-corrected chi connectivity index (χ2v) is 3.14. The van der Waals surface area contributed by atoms with Crippen molar-refractivity contribution < 1.29 is 18.0 Å². The molecular weight excluding hydrogens is 199 g/mol. The summed E-state index contributed by atoms with van der Waals surface area (Å²) >= 11 is 0. The van der Waals surface area contributed by atoms with Gasteiger partial charge in [-0.15, -0.1) is 0 Å². The van der Waals surface area contributed by atoms with Gasteiger partial charge < -0.3 is 11.5 Å². The normalized spacial score (nSPS) is 14.4. The number of primary amides is 1. The van der Waals surface area contributed by atoms with E-state index in [-0.39, 0.29) is 13.1 Å². The standard InChI is InChI=1S/C7H14F3N3O/c1-13(4-6(12)14)3-5(2-11)7(8,9)10/h5H,2-4,11H2,1H3,(H2,12,14). The van der Waals surface area contributed by atoms with Crippen molar-refractivity contribution in [3.8, 4) is 0 Å². The van der Waals surface area contributed by atoms with Crippen molar-refractivity contribution in [1.29, 1.82) is 0 Å². The smallest absolute Gasteiger partial charge is 0.369 e. The van der Waals surface area contributed by atoms with Gasteiger partial charge in [-0.2, -0.15) is 13.2 Å². The van der Waals surface area contributed by atoms with Gasteiger partial charge in [-0.3, -0.25) is 9.69 Å². The van der Waals surface area contributed by atoms with Crippen LogP contribution in [0, 0.1) is 5.92 Å². The summed E-state index contributed by atoms with van der Waals surface area (Å²) in [7, 11) is 1.39. The van der Waals surface area contributed by atoms with Crippen molar-refractivity contribution in [2.75, 3.05) is 26.7 Å². The Morgan fingerprint density at radius 3 is 2.29 bits per heavy atom. The number of hydrogen-bond acceptors (Lipinski definition) is 3. The van der Waals surface area contributed by atoms with Crippen LogP contribution in [0.4, 0.5) is 13.2 Å². The third kappa shape index (κ3) is 5.03. The zero-order chi connectivity index (χ0) is 11.4. The van der Waals surface area contributed by atoms with Gasteiger partial charge in [0.15, 0.2) is 0 Å². The number of hydrogen-bond donors (Lipinski definition) is 2. The monoisotopic (exact) mass is 213 g/mol. The minimum absolute atomic E-state index is 0.202. The Morgan fingerprint density at radius 1 is 1.50 bits per heavy atom. The molecule has 0 aliphatic carbocycles. The van der Waals surface area contributed by atoms with Gasteiger partial charge in [0.05, 0.1) is 12.5 Å². The number of rotatable bonds is 5. The molecule has 0 aromatic rings. The number of carbonyl (C=O) groups excluding carboxylic acids is 1. The van der Waals surface area contributed by atoms with Crippen LogP contribution in [0.15, 0.2) is 0 Å². The Morgan fingerprint density at radius 2 is 2.00 bits per heavy atom. The lowest BCUT2D eigenvalue weighted by Crippen LogP contribution is -2.42. The fourth-order valence-corrected chi connectivity index (χ4v) is 1.02. The van der Waals surface area contributed by atoms with Gasteiger partial charge in [0.25, 0.3) is 0 Å². The van der Waals surface area contributed by atoms with E-state index in [9.17, 15) is 18.0 Å². The molecule has 1 amide bonds. The molecule has 4 nitrogen and oxygen atoms in total. The topological polar surface area (TPSA) is 72.3 Å². The Balaban J connectivity index is 4.12. The molecule has 0 saturated carbocycles. The molecule has 0 bridgehead atoms. The molecule has 84 valence electrons. The predicted molar refractivity (Wildman–Crippen MR) is 45.3 cm³/mol. The predicted octanol–water partition coefficient (Wildman–Crippen LogP) is -0.459. The molecule has 0 heterocycles. The van der Waals surface area contributed by atoms with Crippen LogP contribution in [0.3, 0.4) is 0 Å². The van der Waals surface area contributed by atoms with Gasteiger partial charge in [-0.25, -0.2) is 0 Å². The van der Waals surface area contributed by atoms with Crippen molar-refractivity contribution in [3.63, 3.8) is 0 Å². The molecule has 1 atom stereocenters. The van der Waals surface area contributed by atoms with E-state index in [2.05, 4.69) is 0 Å². The first-order chi connectivity index (χ1) is 6.27. The highest BCUT2D eigenvalue weighted by Crippen LogP contribution is 2.25. The van der Waals surface area contributed by atoms with E-state index in [1.165, 1.54) is 11.9 Å². The lowest BCUT2D eigenvalue weighted by Gasteiger charge is -2.23. The number of alkyl halides is 3. The fourth-order valence-electron chi connectivity index (χ4n) is 1.02. The Hall–Kier alpha value is -0.820. The zero-order valence-corrected chi connectivity index (χ0v) is 7.84. The van der Waals surface area contributed by atoms with Gasteiger partial charge in [-0.05, 0) is 7.05 Å². The number of halogens is 3. The number of nitrogens with zero attached hydrogens (tertiary/aromatic N) is 1. The molecule has 0 fully saturated rings. The van der Waals surface area contributed by atoms with Gasteiger partial charge in [0.1, 0.15) is 0 Å². The maximum absolute atomic E-state index is 12.2. The van der Waals surface area contributed by atoms with Crippen molar-refractivity contribution >= 4 is 5.91 Å². The van der Waals surface area contributed by atoms with Crippen LogP contribution in [0.2, 0.25) is 0 Å². The third-order valence-corrected chi connectivity index (χ3v) is 1.71. The molecule has 0 spiro atoms. The third-order valence-electron chi connectivity index (χ3n) is 1.71. The summed E-state index contributed by atoms with van der Waals surface area (Å²) < 4.78 is 36.6. The number of amides is 1. The van der Waals surface area contributed by atoms with Gasteiger partial charge >= 0.3 is 6.18 Å². The molecule has 0 aromatic heterocycles. The largest absolute Gasteiger partial charge is 0.394 e. The summed E-state index contributed by atoms with van der Waals surface area (Å²) in [4.78, 5) is 11.6. The van der Waals surface area contributed by atoms with Crippen molar-refractivity contribution in [2.45, 2.75) is 6.18 Å². The van der Waals surface area contributed by atoms with Crippen LogP contribution >= 0.6 is 0 Å². The van der Waals surface area contributed by atoms with Gasteiger partial charge in [-0.1, -0.05) is 0 Å². The molecule has 0 saturated heterocycles. The van der Waals surface area contributed by atoms with Crippen LogP contribution < -0.4 is 11.5 Å². The average Bonchev–Trinajstić information content (AvgIpc) is 1.96. The van der Waals surface area contributed by atoms with Crippen LogP contribution in [0.25, 0.3) is 0 Å². The molecule has 0 radical (unpaired) electrons. The quantitative estimate of drug-likeness (QED) is 0.649. The lowest BCUT2D eigenvalue weighted by molar-refractivity contribution is -0.175. The first kappa shape index (κ1) is 13.2. The van der Waals surface area contributed by atoms with E-state index in [1.54, 1.807) is 0 Å². The maximum atomic E-state index is 12.2. The van der Waals surface area contributed by atoms with Crippen molar-refractivity contribution in [2.24, 2.45) is 17.4 Å². The number of likely N-dealkylation sites (N-methyl/N-ethyl adjacent to an activating group) is 1. The van der Waals surface area contributed by atoms with Gasteiger partial charge in [0, 0.05) is 13.1 Å². The second-order valence-electron chi connectivity index (χ2n) is 3.14. The second kappa shape index (κ2) is 5.16. The summed E-state index contributed by atoms with van der Waals surface area (Å²) in [5, 5.41) is 0. The SMILES string of the molecule is CN(CC(N)=O)CC(CN)C(F)(F)F. The Bertz CT molecular complexity index is 195. The van der Waals surface area contributed by atoms with E-state index in [0.29, 0.717) is 0 Å². The summed E-state index contributed by atoms with van der Waals surface area (Å²) in [6.07, 6.45) is -4.33. The molecule has 0 rings (SSSR count). The summed E-state index contributed by atoms with van der Waals surface area (Å²) in [6.45, 7) is -1.01. The van der Waals surface area contributed by atoms with Crippen LogP contribution in [-0.2, 0) is 4.79 Å². The zero-order valence-electron chi connectivity index (χ0n) is 7.84. The molecule has 0 aromatic carbocycles. The fraction of sp³-hybridized carbons (Fsp3) is 0.857. The minimum Gasteiger partial charge on any atom is -0.369 e. The molecule has 0 aliphatic rings. The first-order valence-corrected chi connectivity index (χ1v) is 4.01. The Kier molecular flexibility index (Phi) is 4.86. The molecule has 1 unspecified atom stereocenters. The maximum Gasteiger partial charge on any atom is 0.394 e.